The van der Waals surface area contributed by atoms with E-state index < -0.39 is 53.4 Å². The number of carbonyl (C=O) groups is 6. The van der Waals surface area contributed by atoms with E-state index in [-0.39, 0.29) is 5.69 Å². The van der Waals surface area contributed by atoms with Crippen molar-refractivity contribution >= 4 is 35.7 Å². The Kier molecular flexibility index (Phi) is 4.91. The number of nitrogens with zero attached hydrogens (tertiary/aromatic N) is 5. The largest absolute Gasteiger partial charge is 0.332 e. The van der Waals surface area contributed by atoms with E-state index >= 15 is 0 Å². The van der Waals surface area contributed by atoms with Crippen LogP contribution in [0, 0.1) is 11.8 Å². The number of imide groups is 4. The number of barbiturate groups is 2. The maximum absolute atomic E-state index is 12.9. The summed E-state index contributed by atoms with van der Waals surface area (Å²) in [7, 11) is 4.84. The maximum atomic E-state index is 12.9. The molecule has 0 saturated carbocycles. The minimum Gasteiger partial charge on any atom is -0.273 e. The molecule has 0 radical (unpaired) electrons. The Hall–Kier alpha value is -3.63. The first-order valence-electron chi connectivity index (χ1n) is 8.68. The number of urea groups is 2. The topological polar surface area (TPSA) is 128 Å². The molecule has 2 saturated heterocycles. The molecule has 3 heterocycles. The highest BCUT2D eigenvalue weighted by molar-refractivity contribution is 6.19. The lowest BCUT2D eigenvalue weighted by Gasteiger charge is -2.41. The van der Waals surface area contributed by atoms with Crippen LogP contribution in [0.2, 0.25) is 0 Å². The standard InChI is InChI=1S/C18H19N5O6/c1-20-13(24)11(14(25)21(2)17(20)28)10(9-7-5-6-8-19-9)12-15(26)22(3)18(29)23(4)16(12)27/h5-8,10-12H,1-4H3. The van der Waals surface area contributed by atoms with Gasteiger partial charge >= 0.3 is 12.1 Å². The van der Waals surface area contributed by atoms with Gasteiger partial charge in [-0.1, -0.05) is 6.07 Å². The first kappa shape index (κ1) is 20.1. The van der Waals surface area contributed by atoms with E-state index in [9.17, 15) is 28.8 Å². The predicted octanol–water partition coefficient (Wildman–Crippen LogP) is -0.502. The number of hydrogen-bond donors (Lipinski definition) is 0. The fourth-order valence-electron chi connectivity index (χ4n) is 3.59. The molecule has 0 unspecified atom stereocenters. The summed E-state index contributed by atoms with van der Waals surface area (Å²) in [5.74, 6) is -7.77. The summed E-state index contributed by atoms with van der Waals surface area (Å²) >= 11 is 0. The Morgan fingerprint density at radius 2 is 1.07 bits per heavy atom. The number of pyridine rings is 1. The molecule has 0 N–H and O–H groups in total. The average Bonchev–Trinajstić information content (AvgIpc) is 2.73. The molecule has 1 aromatic rings. The van der Waals surface area contributed by atoms with E-state index in [4.69, 9.17) is 0 Å². The van der Waals surface area contributed by atoms with E-state index in [2.05, 4.69) is 4.98 Å². The van der Waals surface area contributed by atoms with Crippen LogP contribution in [0.25, 0.3) is 0 Å². The van der Waals surface area contributed by atoms with E-state index in [0.717, 1.165) is 19.6 Å². The zero-order valence-electron chi connectivity index (χ0n) is 16.2. The van der Waals surface area contributed by atoms with Gasteiger partial charge in [-0.2, -0.15) is 0 Å². The SMILES string of the molecule is CN1C(=O)C(C(c2ccccn2)C2C(=O)N(C)C(=O)N(C)C2=O)C(=O)N(C)C1=O. The number of hydrogen-bond acceptors (Lipinski definition) is 7. The Labute approximate surface area is 165 Å². The Bertz CT molecular complexity index is 828. The van der Waals surface area contributed by atoms with E-state index in [0.29, 0.717) is 0 Å². The highest BCUT2D eigenvalue weighted by Gasteiger charge is 2.56. The van der Waals surface area contributed by atoms with Crippen LogP contribution in [0.4, 0.5) is 9.59 Å². The third-order valence-corrected chi connectivity index (χ3v) is 5.28. The molecule has 2 aliphatic heterocycles. The van der Waals surface area contributed by atoms with Gasteiger partial charge in [-0.05, 0) is 12.1 Å². The summed E-state index contributed by atoms with van der Waals surface area (Å²) in [6.07, 6.45) is 1.40. The zero-order valence-corrected chi connectivity index (χ0v) is 16.2. The maximum Gasteiger partial charge on any atom is 0.332 e. The Morgan fingerprint density at radius 3 is 1.38 bits per heavy atom. The van der Waals surface area contributed by atoms with Crippen LogP contribution in [-0.2, 0) is 19.2 Å². The van der Waals surface area contributed by atoms with Crippen molar-refractivity contribution in [3.8, 4) is 0 Å². The molecule has 11 heteroatoms. The van der Waals surface area contributed by atoms with Crippen LogP contribution in [0.15, 0.2) is 24.4 Å². The molecule has 0 bridgehead atoms. The van der Waals surface area contributed by atoms with Gasteiger partial charge in [0.25, 0.3) is 0 Å². The van der Waals surface area contributed by atoms with Crippen LogP contribution >= 0.6 is 0 Å². The molecule has 0 atom stereocenters. The molecule has 29 heavy (non-hydrogen) atoms. The Balaban J connectivity index is 2.19. The number of aromatic nitrogens is 1. The van der Waals surface area contributed by atoms with Crippen molar-refractivity contribution in [2.45, 2.75) is 5.92 Å². The molecule has 3 rings (SSSR count). The summed E-state index contributed by atoms with van der Waals surface area (Å²) in [6.45, 7) is 0. The van der Waals surface area contributed by atoms with E-state index in [1.54, 1.807) is 12.1 Å². The molecular weight excluding hydrogens is 382 g/mol. The van der Waals surface area contributed by atoms with Gasteiger partial charge in [-0.3, -0.25) is 43.8 Å². The zero-order chi connectivity index (χ0) is 21.6. The van der Waals surface area contributed by atoms with Crippen molar-refractivity contribution < 1.29 is 28.8 Å². The molecule has 0 spiro atoms. The molecule has 2 fully saturated rings. The van der Waals surface area contributed by atoms with Crippen LogP contribution < -0.4 is 0 Å². The fraction of sp³-hybridized carbons (Fsp3) is 0.389. The first-order valence-corrected chi connectivity index (χ1v) is 8.68. The number of rotatable bonds is 3. The third-order valence-electron chi connectivity index (χ3n) is 5.28. The monoisotopic (exact) mass is 401 g/mol. The molecule has 1 aromatic heterocycles. The lowest BCUT2D eigenvalue weighted by molar-refractivity contribution is -0.154. The Morgan fingerprint density at radius 1 is 0.690 bits per heavy atom. The van der Waals surface area contributed by atoms with Gasteiger partial charge in [0.15, 0.2) is 0 Å². The summed E-state index contributed by atoms with van der Waals surface area (Å²) < 4.78 is 0. The van der Waals surface area contributed by atoms with Gasteiger partial charge in [-0.25, -0.2) is 9.59 Å². The van der Waals surface area contributed by atoms with Gasteiger partial charge in [0.05, 0.1) is 0 Å². The second kappa shape index (κ2) is 7.08. The van der Waals surface area contributed by atoms with Crippen molar-refractivity contribution in [2.24, 2.45) is 11.8 Å². The predicted molar refractivity (Wildman–Crippen MR) is 95.8 cm³/mol. The first-order chi connectivity index (χ1) is 13.6. The van der Waals surface area contributed by atoms with Crippen LogP contribution in [0.1, 0.15) is 11.6 Å². The van der Waals surface area contributed by atoms with Crippen molar-refractivity contribution in [3.05, 3.63) is 30.1 Å². The smallest absolute Gasteiger partial charge is 0.273 e. The van der Waals surface area contributed by atoms with Crippen molar-refractivity contribution in [3.63, 3.8) is 0 Å². The van der Waals surface area contributed by atoms with Crippen molar-refractivity contribution in [2.75, 3.05) is 28.2 Å². The minimum atomic E-state index is -1.54. The van der Waals surface area contributed by atoms with Gasteiger partial charge in [0.1, 0.15) is 11.8 Å². The second-order valence-electron chi connectivity index (χ2n) is 6.89. The van der Waals surface area contributed by atoms with E-state index in [1.807, 2.05) is 0 Å². The van der Waals surface area contributed by atoms with Gasteiger partial charge < -0.3 is 0 Å². The summed E-state index contributed by atoms with van der Waals surface area (Å²) in [6, 6.07) is 3.03. The lowest BCUT2D eigenvalue weighted by atomic mass is 9.75. The molecule has 0 aliphatic carbocycles. The quantitative estimate of drug-likeness (QED) is 0.625. The highest BCUT2D eigenvalue weighted by Crippen LogP contribution is 2.39. The molecule has 0 aromatic carbocycles. The molecular formula is C18H19N5O6. The minimum absolute atomic E-state index is 0.151. The van der Waals surface area contributed by atoms with Crippen LogP contribution in [0.3, 0.4) is 0 Å². The van der Waals surface area contributed by atoms with Crippen LogP contribution in [0.5, 0.6) is 0 Å². The highest BCUT2D eigenvalue weighted by atomic mass is 16.2. The van der Waals surface area contributed by atoms with E-state index in [1.165, 1.54) is 40.5 Å². The molecule has 8 amide bonds. The van der Waals surface area contributed by atoms with Gasteiger partial charge in [0.2, 0.25) is 23.6 Å². The summed E-state index contributed by atoms with van der Waals surface area (Å²) in [5.41, 5.74) is 0.151. The van der Waals surface area contributed by atoms with Gasteiger partial charge in [-0.15, -0.1) is 0 Å². The number of amides is 8. The van der Waals surface area contributed by atoms with Gasteiger partial charge in [0, 0.05) is 46.0 Å². The second-order valence-corrected chi connectivity index (χ2v) is 6.89. The van der Waals surface area contributed by atoms with Crippen molar-refractivity contribution in [1.82, 2.24) is 24.6 Å². The molecule has 11 nitrogen and oxygen atoms in total. The fourth-order valence-corrected chi connectivity index (χ4v) is 3.59. The number of carbonyl (C=O) groups excluding carboxylic acids is 6. The third kappa shape index (κ3) is 2.94. The van der Waals surface area contributed by atoms with Crippen LogP contribution in [-0.4, -0.2) is 88.5 Å². The normalized spacial score (nSPS) is 19.9. The summed E-state index contributed by atoms with van der Waals surface area (Å²) in [4.78, 5) is 83.0. The molecule has 2 aliphatic rings. The van der Waals surface area contributed by atoms with Crippen molar-refractivity contribution in [1.29, 1.82) is 0 Å². The molecule has 152 valence electrons. The lowest BCUT2D eigenvalue weighted by Crippen LogP contribution is -2.63. The summed E-state index contributed by atoms with van der Waals surface area (Å²) in [5, 5.41) is 0. The average molecular weight is 401 g/mol.